The molecule has 7 nitrogen and oxygen atoms in total. The van der Waals surface area contributed by atoms with Crippen molar-refractivity contribution in [3.63, 3.8) is 0 Å². The molecule has 0 heterocycles. The van der Waals surface area contributed by atoms with Crippen molar-refractivity contribution in [3.8, 4) is 0 Å². The van der Waals surface area contributed by atoms with E-state index in [2.05, 4.69) is 0 Å². The number of benzene rings is 1. The molecule has 0 aliphatic rings. The quantitative estimate of drug-likeness (QED) is 0.576. The van der Waals surface area contributed by atoms with E-state index in [4.69, 9.17) is 9.47 Å². The van der Waals surface area contributed by atoms with Crippen LogP contribution in [-0.2, 0) is 15.4 Å². The van der Waals surface area contributed by atoms with Crippen LogP contribution in [0.15, 0.2) is 24.3 Å². The molecule has 0 atom stereocenters. The normalized spacial score (nSPS) is 12.5. The molecule has 0 saturated heterocycles. The molecule has 0 spiro atoms. The molecule has 1 rings (SSSR count). The second kappa shape index (κ2) is 6.78. The minimum Gasteiger partial charge on any atom is -0.456 e. The molecule has 1 aromatic carbocycles. The van der Waals surface area contributed by atoms with Crippen LogP contribution in [0.5, 0.6) is 0 Å². The summed E-state index contributed by atoms with van der Waals surface area (Å²) in [4.78, 5) is 23.6. The fourth-order valence-electron chi connectivity index (χ4n) is 1.69. The molecular weight excluding hydrogens is 314 g/mol. The SMILES string of the molecule is CC(C)(C)OC(=O)NC(O)(O)c1ccc(C(=O)OC(C)(C)C)cc1. The molecule has 1 aromatic rings. The number of carbonyl (C=O) groups excluding carboxylic acids is 2. The molecule has 24 heavy (non-hydrogen) atoms. The third-order valence-corrected chi connectivity index (χ3v) is 2.60. The number of ether oxygens (including phenoxy) is 2. The van der Waals surface area contributed by atoms with Crippen LogP contribution in [0.4, 0.5) is 4.79 Å². The van der Waals surface area contributed by atoms with Gasteiger partial charge in [-0.25, -0.2) is 9.59 Å². The summed E-state index contributed by atoms with van der Waals surface area (Å²) in [5.41, 5.74) is -1.19. The number of amides is 1. The average molecular weight is 339 g/mol. The largest absolute Gasteiger partial charge is 0.456 e. The highest BCUT2D eigenvalue weighted by Gasteiger charge is 2.31. The van der Waals surface area contributed by atoms with Crippen molar-refractivity contribution in [3.05, 3.63) is 35.4 Å². The first kappa shape index (κ1) is 19.9. The third-order valence-electron chi connectivity index (χ3n) is 2.60. The predicted octanol–water partition coefficient (Wildman–Crippen LogP) is 2.26. The lowest BCUT2D eigenvalue weighted by Gasteiger charge is -2.26. The van der Waals surface area contributed by atoms with Gasteiger partial charge in [-0.2, -0.15) is 0 Å². The van der Waals surface area contributed by atoms with Gasteiger partial charge in [0.2, 0.25) is 0 Å². The van der Waals surface area contributed by atoms with Crippen LogP contribution in [0.1, 0.15) is 57.5 Å². The summed E-state index contributed by atoms with van der Waals surface area (Å²) in [6.45, 7) is 10.2. The van der Waals surface area contributed by atoms with Crippen LogP contribution in [0.2, 0.25) is 0 Å². The Kier molecular flexibility index (Phi) is 5.63. The highest BCUT2D eigenvalue weighted by atomic mass is 16.6. The van der Waals surface area contributed by atoms with E-state index in [1.54, 1.807) is 41.5 Å². The van der Waals surface area contributed by atoms with Crippen molar-refractivity contribution in [2.45, 2.75) is 58.7 Å². The summed E-state index contributed by atoms with van der Waals surface area (Å²) in [5.74, 6) is -3.16. The van der Waals surface area contributed by atoms with Gasteiger partial charge in [-0.1, -0.05) is 12.1 Å². The zero-order chi connectivity index (χ0) is 18.8. The number of aliphatic hydroxyl groups is 2. The Morgan fingerprint density at radius 3 is 1.75 bits per heavy atom. The smallest absolute Gasteiger partial charge is 0.412 e. The Morgan fingerprint density at radius 1 is 0.875 bits per heavy atom. The van der Waals surface area contributed by atoms with Crippen LogP contribution in [-0.4, -0.2) is 33.5 Å². The molecule has 7 heteroatoms. The zero-order valence-corrected chi connectivity index (χ0v) is 14.8. The highest BCUT2D eigenvalue weighted by Crippen LogP contribution is 2.19. The van der Waals surface area contributed by atoms with Gasteiger partial charge >= 0.3 is 12.1 Å². The van der Waals surface area contributed by atoms with E-state index in [-0.39, 0.29) is 11.1 Å². The molecule has 0 unspecified atom stereocenters. The van der Waals surface area contributed by atoms with Crippen LogP contribution in [0.3, 0.4) is 0 Å². The first-order valence-corrected chi connectivity index (χ1v) is 7.49. The monoisotopic (exact) mass is 339 g/mol. The van der Waals surface area contributed by atoms with E-state index < -0.39 is 29.2 Å². The van der Waals surface area contributed by atoms with Crippen LogP contribution in [0.25, 0.3) is 0 Å². The van der Waals surface area contributed by atoms with Gasteiger partial charge < -0.3 is 19.7 Å². The summed E-state index contributed by atoms with van der Waals surface area (Å²) in [7, 11) is 0. The molecule has 0 saturated carbocycles. The number of alkyl carbamates (subject to hydrolysis) is 1. The highest BCUT2D eigenvalue weighted by molar-refractivity contribution is 5.89. The summed E-state index contributed by atoms with van der Waals surface area (Å²) in [5, 5.41) is 21.9. The number of hydrogen-bond acceptors (Lipinski definition) is 6. The Labute approximate surface area is 141 Å². The zero-order valence-electron chi connectivity index (χ0n) is 14.8. The Balaban J connectivity index is 2.83. The van der Waals surface area contributed by atoms with Gasteiger partial charge in [0.25, 0.3) is 5.91 Å². The van der Waals surface area contributed by atoms with E-state index in [0.717, 1.165) is 0 Å². The minimum absolute atomic E-state index is 0.0272. The van der Waals surface area contributed by atoms with E-state index >= 15 is 0 Å². The molecule has 0 aliphatic carbocycles. The number of esters is 1. The van der Waals surface area contributed by atoms with Gasteiger partial charge in [0.05, 0.1) is 5.56 Å². The molecule has 0 bridgehead atoms. The van der Waals surface area contributed by atoms with Crippen molar-refractivity contribution in [1.29, 1.82) is 0 Å². The first-order chi connectivity index (χ1) is 10.7. The van der Waals surface area contributed by atoms with Crippen LogP contribution in [0, 0.1) is 0 Å². The van der Waals surface area contributed by atoms with Crippen molar-refractivity contribution < 1.29 is 29.3 Å². The lowest BCUT2D eigenvalue weighted by molar-refractivity contribution is -0.189. The second-order valence-corrected chi connectivity index (χ2v) is 7.38. The van der Waals surface area contributed by atoms with Crippen molar-refractivity contribution in [2.24, 2.45) is 0 Å². The van der Waals surface area contributed by atoms with E-state index in [9.17, 15) is 19.8 Å². The minimum atomic E-state index is -2.63. The molecule has 3 N–H and O–H groups in total. The Hall–Kier alpha value is -2.12. The molecule has 0 radical (unpaired) electrons. The van der Waals surface area contributed by atoms with Crippen molar-refractivity contribution in [2.75, 3.05) is 0 Å². The van der Waals surface area contributed by atoms with E-state index in [1.807, 2.05) is 5.32 Å². The number of hydrogen-bond donors (Lipinski definition) is 3. The topological polar surface area (TPSA) is 105 Å². The maximum Gasteiger partial charge on any atom is 0.412 e. The molecular formula is C17H25NO6. The van der Waals surface area contributed by atoms with Gasteiger partial charge in [0.1, 0.15) is 11.2 Å². The van der Waals surface area contributed by atoms with Gasteiger partial charge in [-0.05, 0) is 53.7 Å². The molecule has 134 valence electrons. The summed E-state index contributed by atoms with van der Waals surface area (Å²) in [6.07, 6.45) is -0.983. The average Bonchev–Trinajstić information content (AvgIpc) is 2.33. The summed E-state index contributed by atoms with van der Waals surface area (Å²) < 4.78 is 10.2. The Bertz CT molecular complexity index is 593. The lowest BCUT2D eigenvalue weighted by Crippen LogP contribution is -2.47. The second-order valence-electron chi connectivity index (χ2n) is 7.38. The van der Waals surface area contributed by atoms with E-state index in [1.165, 1.54) is 24.3 Å². The summed E-state index contributed by atoms with van der Waals surface area (Å²) in [6, 6.07) is 5.36. The number of carbonyl (C=O) groups is 2. The maximum absolute atomic E-state index is 11.9. The molecule has 0 fully saturated rings. The van der Waals surface area contributed by atoms with Gasteiger partial charge in [-0.3, -0.25) is 5.32 Å². The molecule has 0 aromatic heterocycles. The van der Waals surface area contributed by atoms with Crippen LogP contribution < -0.4 is 5.32 Å². The predicted molar refractivity (Wildman–Crippen MR) is 87.1 cm³/mol. The van der Waals surface area contributed by atoms with Gasteiger partial charge in [0, 0.05) is 5.56 Å². The maximum atomic E-state index is 11.9. The number of nitrogens with one attached hydrogen (secondary N) is 1. The lowest BCUT2D eigenvalue weighted by atomic mass is 10.1. The molecule has 1 amide bonds. The fourth-order valence-corrected chi connectivity index (χ4v) is 1.69. The fraction of sp³-hybridized carbons (Fsp3) is 0.529. The molecule has 0 aliphatic heterocycles. The van der Waals surface area contributed by atoms with E-state index in [0.29, 0.717) is 0 Å². The van der Waals surface area contributed by atoms with Gasteiger partial charge in [-0.15, -0.1) is 0 Å². The standard InChI is InChI=1S/C17H25NO6/c1-15(2,3)23-13(19)11-7-9-12(10-8-11)17(21,22)18-14(20)24-16(4,5)6/h7-10,21-22H,1-6H3,(H,18,20). The van der Waals surface area contributed by atoms with Crippen molar-refractivity contribution in [1.82, 2.24) is 5.32 Å². The van der Waals surface area contributed by atoms with Crippen LogP contribution >= 0.6 is 0 Å². The first-order valence-electron chi connectivity index (χ1n) is 7.49. The summed E-state index contributed by atoms with van der Waals surface area (Å²) >= 11 is 0. The third kappa shape index (κ3) is 6.55. The van der Waals surface area contributed by atoms with Crippen molar-refractivity contribution >= 4 is 12.1 Å². The number of rotatable bonds is 3. The van der Waals surface area contributed by atoms with Gasteiger partial charge in [0.15, 0.2) is 0 Å². The Morgan fingerprint density at radius 2 is 1.33 bits per heavy atom.